The summed E-state index contributed by atoms with van der Waals surface area (Å²) in [5, 5.41) is 0. The van der Waals surface area contributed by atoms with Crippen LogP contribution in [0.15, 0.2) is 24.3 Å². The molecule has 0 aliphatic rings. The predicted octanol–water partition coefficient (Wildman–Crippen LogP) is 1.05. The van der Waals surface area contributed by atoms with Crippen LogP contribution in [0.3, 0.4) is 0 Å². The van der Waals surface area contributed by atoms with Gasteiger partial charge in [0.25, 0.3) is 0 Å². The summed E-state index contributed by atoms with van der Waals surface area (Å²) in [4.78, 5) is 13.4. The Bertz CT molecular complexity index is 449. The van der Waals surface area contributed by atoms with Crippen LogP contribution in [0.4, 0.5) is 0 Å². The van der Waals surface area contributed by atoms with Crippen molar-refractivity contribution in [3.8, 4) is 0 Å². The summed E-state index contributed by atoms with van der Waals surface area (Å²) in [5.74, 6) is 0.429. The van der Waals surface area contributed by atoms with E-state index in [-0.39, 0.29) is 11.7 Å². The lowest BCUT2D eigenvalue weighted by atomic mass is 10.1. The van der Waals surface area contributed by atoms with Crippen molar-refractivity contribution < 1.29 is 9.00 Å². The quantitative estimate of drug-likeness (QED) is 0.813. The zero-order valence-corrected chi connectivity index (χ0v) is 12.4. The van der Waals surface area contributed by atoms with Gasteiger partial charge in [0.2, 0.25) is 5.91 Å². The number of aryl methyl sites for hydroxylation is 1. The third-order valence-corrected chi connectivity index (χ3v) is 4.19. The van der Waals surface area contributed by atoms with Crippen molar-refractivity contribution in [1.82, 2.24) is 4.90 Å². The van der Waals surface area contributed by atoms with Crippen molar-refractivity contribution in [3.05, 3.63) is 35.4 Å². The minimum absolute atomic E-state index is 0.0788. The molecule has 106 valence electrons. The fourth-order valence-corrected chi connectivity index (χ4v) is 2.97. The second kappa shape index (κ2) is 8.07. The normalized spacial score (nSPS) is 12.2. The van der Waals surface area contributed by atoms with Crippen LogP contribution in [0.2, 0.25) is 0 Å². The Labute approximate surface area is 117 Å². The molecule has 1 aromatic rings. The number of carbonyl (C=O) groups is 1. The number of hydrogen-bond donors (Lipinski definition) is 1. The van der Waals surface area contributed by atoms with Crippen LogP contribution >= 0.6 is 0 Å². The van der Waals surface area contributed by atoms with Crippen molar-refractivity contribution >= 4 is 16.7 Å². The van der Waals surface area contributed by atoms with E-state index in [2.05, 4.69) is 0 Å². The van der Waals surface area contributed by atoms with Gasteiger partial charge in [-0.15, -0.1) is 0 Å². The van der Waals surface area contributed by atoms with Gasteiger partial charge in [-0.2, -0.15) is 0 Å². The molecule has 1 rings (SSSR count). The molecule has 5 heteroatoms. The Morgan fingerprint density at radius 2 is 2.05 bits per heavy atom. The average Bonchev–Trinajstić information content (AvgIpc) is 2.38. The third-order valence-electron chi connectivity index (χ3n) is 2.99. The fourth-order valence-electron chi connectivity index (χ4n) is 1.70. The summed E-state index contributed by atoms with van der Waals surface area (Å²) in [6.45, 7) is 3.17. The second-order valence-electron chi connectivity index (χ2n) is 4.61. The molecule has 0 saturated heterocycles. The average molecular weight is 282 g/mol. The van der Waals surface area contributed by atoms with Gasteiger partial charge in [0, 0.05) is 30.1 Å². The number of carbonyl (C=O) groups excluding carboxylic acids is 1. The molecule has 1 atom stereocenters. The van der Waals surface area contributed by atoms with Gasteiger partial charge in [-0.1, -0.05) is 24.3 Å². The summed E-state index contributed by atoms with van der Waals surface area (Å²) >= 11 is 0. The molecule has 0 radical (unpaired) electrons. The summed E-state index contributed by atoms with van der Waals surface area (Å²) in [6, 6.07) is 7.82. The van der Waals surface area contributed by atoms with E-state index in [1.165, 1.54) is 0 Å². The first-order valence-electron chi connectivity index (χ1n) is 6.38. The standard InChI is InChI=1S/C14H22N2O2S/c1-12-6-3-4-7-13(12)10-19(18)11-14(17)16(2)9-5-8-15/h3-4,6-7H,5,8-11,15H2,1-2H3. The second-order valence-corrected chi connectivity index (χ2v) is 6.07. The van der Waals surface area contributed by atoms with Crippen LogP contribution in [0.5, 0.6) is 0 Å². The largest absolute Gasteiger partial charge is 0.345 e. The van der Waals surface area contributed by atoms with E-state index >= 15 is 0 Å². The van der Waals surface area contributed by atoms with Crippen molar-refractivity contribution in [2.24, 2.45) is 5.73 Å². The molecule has 0 spiro atoms. The van der Waals surface area contributed by atoms with E-state index in [4.69, 9.17) is 5.73 Å². The van der Waals surface area contributed by atoms with Crippen LogP contribution in [0.25, 0.3) is 0 Å². The number of nitrogens with zero attached hydrogens (tertiary/aromatic N) is 1. The Hall–Kier alpha value is -1.20. The van der Waals surface area contributed by atoms with E-state index < -0.39 is 10.8 Å². The number of amides is 1. The lowest BCUT2D eigenvalue weighted by Crippen LogP contribution is -2.32. The molecular formula is C14H22N2O2S. The number of rotatable bonds is 7. The molecular weight excluding hydrogens is 260 g/mol. The van der Waals surface area contributed by atoms with E-state index in [1.54, 1.807) is 11.9 Å². The topological polar surface area (TPSA) is 63.4 Å². The molecule has 0 fully saturated rings. The minimum atomic E-state index is -1.16. The highest BCUT2D eigenvalue weighted by molar-refractivity contribution is 7.84. The highest BCUT2D eigenvalue weighted by Crippen LogP contribution is 2.10. The molecule has 0 aromatic heterocycles. The van der Waals surface area contributed by atoms with Crippen LogP contribution in [-0.2, 0) is 21.3 Å². The summed E-state index contributed by atoms with van der Waals surface area (Å²) in [7, 11) is 0.565. The van der Waals surface area contributed by atoms with Gasteiger partial charge in [-0.25, -0.2) is 0 Å². The third kappa shape index (κ3) is 5.53. The molecule has 0 bridgehead atoms. The Balaban J connectivity index is 2.47. The van der Waals surface area contributed by atoms with Gasteiger partial charge in [-0.3, -0.25) is 9.00 Å². The van der Waals surface area contributed by atoms with Gasteiger partial charge in [0.05, 0.1) is 0 Å². The molecule has 2 N–H and O–H groups in total. The molecule has 1 amide bonds. The summed E-state index contributed by atoms with van der Waals surface area (Å²) in [6.07, 6.45) is 0.771. The Morgan fingerprint density at radius 1 is 1.37 bits per heavy atom. The van der Waals surface area contributed by atoms with Gasteiger partial charge < -0.3 is 10.6 Å². The highest BCUT2D eigenvalue weighted by Gasteiger charge is 2.13. The van der Waals surface area contributed by atoms with Crippen LogP contribution in [0.1, 0.15) is 17.5 Å². The molecule has 0 heterocycles. The van der Waals surface area contributed by atoms with Gasteiger partial charge in [0.15, 0.2) is 0 Å². The van der Waals surface area contributed by atoms with Crippen LogP contribution in [-0.4, -0.2) is 40.9 Å². The molecule has 0 aliphatic carbocycles. The molecule has 0 aliphatic heterocycles. The van der Waals surface area contributed by atoms with Gasteiger partial charge in [-0.05, 0) is 31.0 Å². The van der Waals surface area contributed by atoms with E-state index in [0.717, 1.165) is 17.5 Å². The fraction of sp³-hybridized carbons (Fsp3) is 0.500. The first-order valence-corrected chi connectivity index (χ1v) is 7.87. The summed E-state index contributed by atoms with van der Waals surface area (Å²) < 4.78 is 12.0. The first-order chi connectivity index (χ1) is 9.04. The number of hydrogen-bond acceptors (Lipinski definition) is 3. The van der Waals surface area contributed by atoms with Gasteiger partial charge in [0.1, 0.15) is 5.75 Å². The molecule has 1 unspecified atom stereocenters. The molecule has 4 nitrogen and oxygen atoms in total. The lowest BCUT2D eigenvalue weighted by Gasteiger charge is -2.16. The molecule has 19 heavy (non-hydrogen) atoms. The predicted molar refractivity (Wildman–Crippen MR) is 79.2 cm³/mol. The highest BCUT2D eigenvalue weighted by atomic mass is 32.2. The van der Waals surface area contributed by atoms with Crippen LogP contribution < -0.4 is 5.73 Å². The SMILES string of the molecule is Cc1ccccc1CS(=O)CC(=O)N(C)CCCN. The zero-order chi connectivity index (χ0) is 14.3. The lowest BCUT2D eigenvalue weighted by molar-refractivity contribution is -0.127. The maximum absolute atomic E-state index is 12.0. The van der Waals surface area contributed by atoms with Crippen LogP contribution in [0, 0.1) is 6.92 Å². The smallest absolute Gasteiger partial charge is 0.234 e. The van der Waals surface area contributed by atoms with Crippen molar-refractivity contribution in [1.29, 1.82) is 0 Å². The molecule has 1 aromatic carbocycles. The maximum atomic E-state index is 12.0. The zero-order valence-electron chi connectivity index (χ0n) is 11.6. The van der Waals surface area contributed by atoms with Gasteiger partial charge >= 0.3 is 0 Å². The minimum Gasteiger partial charge on any atom is -0.345 e. The Morgan fingerprint density at radius 3 is 2.68 bits per heavy atom. The van der Waals surface area contributed by atoms with Crippen molar-refractivity contribution in [2.45, 2.75) is 19.1 Å². The number of benzene rings is 1. The monoisotopic (exact) mass is 282 g/mol. The van der Waals surface area contributed by atoms with Crippen molar-refractivity contribution in [2.75, 3.05) is 25.9 Å². The number of nitrogens with two attached hydrogens (primary N) is 1. The summed E-state index contributed by atoms with van der Waals surface area (Å²) in [5.41, 5.74) is 7.55. The van der Waals surface area contributed by atoms with E-state index in [0.29, 0.717) is 18.8 Å². The first kappa shape index (κ1) is 15.9. The Kier molecular flexibility index (Phi) is 6.73. The van der Waals surface area contributed by atoms with E-state index in [1.807, 2.05) is 31.2 Å². The van der Waals surface area contributed by atoms with Crippen molar-refractivity contribution in [3.63, 3.8) is 0 Å². The van der Waals surface area contributed by atoms with E-state index in [9.17, 15) is 9.00 Å². The maximum Gasteiger partial charge on any atom is 0.234 e. The molecule has 0 saturated carbocycles.